The molecule has 0 saturated carbocycles. The van der Waals surface area contributed by atoms with Crippen molar-refractivity contribution in [3.63, 3.8) is 0 Å². The molecule has 0 atom stereocenters. The van der Waals surface area contributed by atoms with Crippen molar-refractivity contribution < 1.29 is 9.90 Å². The van der Waals surface area contributed by atoms with Crippen molar-refractivity contribution in [3.8, 4) is 0 Å². The second-order valence-corrected chi connectivity index (χ2v) is 11.3. The van der Waals surface area contributed by atoms with Crippen molar-refractivity contribution in [2.24, 2.45) is 0 Å². The molecule has 3 aromatic rings. The third-order valence-electron chi connectivity index (χ3n) is 5.32. The average molecular weight is 536 g/mol. The van der Waals surface area contributed by atoms with E-state index in [1.165, 1.54) is 28.7 Å². The summed E-state index contributed by atoms with van der Waals surface area (Å²) in [4.78, 5) is 27.5. The lowest BCUT2D eigenvalue weighted by Gasteiger charge is -2.23. The molecule has 10 heteroatoms. The molecule has 0 radical (unpaired) electrons. The third kappa shape index (κ3) is 8.66. The molecule has 0 spiro atoms. The number of benzene rings is 1. The van der Waals surface area contributed by atoms with Crippen LogP contribution in [0, 0.1) is 0 Å². The molecule has 0 aliphatic heterocycles. The Morgan fingerprint density at radius 3 is 2.43 bits per heavy atom. The van der Waals surface area contributed by atoms with Crippen molar-refractivity contribution >= 4 is 53.1 Å². The lowest BCUT2D eigenvalue weighted by molar-refractivity contribution is -0.138. The minimum absolute atomic E-state index is 0. The number of aryl methyl sites for hydroxylation is 1. The number of thioether (sulfide) groups is 1. The fraction of sp³-hybridized carbons (Fsp3) is 0.440. The third-order valence-corrected chi connectivity index (χ3v) is 7.49. The number of hydrogen-bond donors (Lipinski definition) is 2. The van der Waals surface area contributed by atoms with Gasteiger partial charge in [0.15, 0.2) is 4.34 Å². The molecule has 0 unspecified atom stereocenters. The smallest absolute Gasteiger partial charge is 0.319 e. The Labute approximate surface area is 222 Å². The highest BCUT2D eigenvalue weighted by Gasteiger charge is 2.29. The lowest BCUT2D eigenvalue weighted by atomic mass is 10.2. The summed E-state index contributed by atoms with van der Waals surface area (Å²) >= 11 is 2.77. The van der Waals surface area contributed by atoms with Crippen molar-refractivity contribution in [2.45, 2.75) is 62.6 Å². The Hall–Kier alpha value is -2.36. The molecule has 3 rings (SSSR count). The number of aromatic nitrogens is 3. The van der Waals surface area contributed by atoms with E-state index in [4.69, 9.17) is 0 Å². The molecular weight excluding hydrogens is 502 g/mol. The van der Waals surface area contributed by atoms with Gasteiger partial charge in [0.1, 0.15) is 4.75 Å². The maximum atomic E-state index is 11.4. The van der Waals surface area contributed by atoms with Crippen LogP contribution in [-0.4, -0.2) is 43.9 Å². The van der Waals surface area contributed by atoms with Gasteiger partial charge in [-0.15, -0.1) is 23.7 Å². The molecule has 0 fully saturated rings. The summed E-state index contributed by atoms with van der Waals surface area (Å²) in [6, 6.07) is 8.49. The highest BCUT2D eigenvalue weighted by Crippen LogP contribution is 2.34. The van der Waals surface area contributed by atoms with E-state index in [2.05, 4.69) is 63.3 Å². The second-order valence-electron chi connectivity index (χ2n) is 8.56. The van der Waals surface area contributed by atoms with Crippen LogP contribution in [0.25, 0.3) is 0 Å². The number of carboxylic acids is 1. The fourth-order valence-electron chi connectivity index (χ4n) is 3.12. The minimum atomic E-state index is -0.909. The van der Waals surface area contributed by atoms with Crippen LogP contribution < -0.4 is 10.2 Å². The Morgan fingerprint density at radius 1 is 1.14 bits per heavy atom. The predicted octanol–water partition coefficient (Wildman–Crippen LogP) is 5.94. The molecule has 1 aromatic carbocycles. The summed E-state index contributed by atoms with van der Waals surface area (Å²) in [5.74, 6) is -0.147. The van der Waals surface area contributed by atoms with Gasteiger partial charge in [0.25, 0.3) is 0 Å². The molecule has 0 aliphatic rings. The Balaban J connectivity index is 0.00000432. The van der Waals surface area contributed by atoms with Gasteiger partial charge in [0, 0.05) is 49.5 Å². The summed E-state index contributed by atoms with van der Waals surface area (Å²) in [6.45, 7) is 10.00. The number of thiazole rings is 1. The van der Waals surface area contributed by atoms with Gasteiger partial charge in [-0.25, -0.2) is 15.0 Å². The first-order chi connectivity index (χ1) is 16.3. The van der Waals surface area contributed by atoms with Crippen molar-refractivity contribution in [1.82, 2.24) is 15.0 Å². The van der Waals surface area contributed by atoms with Crippen LogP contribution in [0.5, 0.6) is 0 Å². The van der Waals surface area contributed by atoms with Crippen LogP contribution in [0.3, 0.4) is 0 Å². The zero-order chi connectivity index (χ0) is 24.6. The summed E-state index contributed by atoms with van der Waals surface area (Å²) in [6.07, 6.45) is 6.49. The number of carboxylic acid groups (broad SMARTS) is 1. The van der Waals surface area contributed by atoms with E-state index in [1.54, 1.807) is 13.8 Å². The summed E-state index contributed by atoms with van der Waals surface area (Å²) in [5, 5.41) is 14.8. The molecule has 2 aromatic heterocycles. The molecule has 2 heterocycles. The molecule has 0 saturated heterocycles. The first kappa shape index (κ1) is 28.9. The maximum Gasteiger partial charge on any atom is 0.319 e. The highest BCUT2D eigenvalue weighted by atomic mass is 35.5. The molecule has 0 amide bonds. The van der Waals surface area contributed by atoms with Crippen LogP contribution in [0.2, 0.25) is 0 Å². The monoisotopic (exact) mass is 535 g/mol. The topological polar surface area (TPSA) is 91.2 Å². The number of aliphatic carboxylic acids is 1. The van der Waals surface area contributed by atoms with Gasteiger partial charge >= 0.3 is 5.97 Å². The SMILES string of the molecule is CCCNc1ccc(CN(CCc2csc(SC(C)(C)C(=O)O)n2)c2ncc(CC)cn2)cc1.Cl. The molecular formula is C25H34ClN5O2S2. The lowest BCUT2D eigenvalue weighted by Crippen LogP contribution is -2.27. The Kier molecular flexibility index (Phi) is 11.3. The van der Waals surface area contributed by atoms with Gasteiger partial charge in [-0.05, 0) is 49.9 Å². The van der Waals surface area contributed by atoms with Crippen molar-refractivity contribution in [3.05, 3.63) is 58.9 Å². The zero-order valence-corrected chi connectivity index (χ0v) is 23.1. The van der Waals surface area contributed by atoms with Crippen molar-refractivity contribution in [1.29, 1.82) is 0 Å². The van der Waals surface area contributed by atoms with Crippen LogP contribution in [-0.2, 0) is 24.2 Å². The van der Waals surface area contributed by atoms with Crippen LogP contribution in [0.1, 0.15) is 50.9 Å². The molecule has 2 N–H and O–H groups in total. The maximum absolute atomic E-state index is 11.4. The van der Waals surface area contributed by atoms with Crippen molar-refractivity contribution in [2.75, 3.05) is 23.3 Å². The van der Waals surface area contributed by atoms with Gasteiger partial charge in [-0.2, -0.15) is 0 Å². The van der Waals surface area contributed by atoms with E-state index in [1.807, 2.05) is 17.8 Å². The van der Waals surface area contributed by atoms with E-state index in [0.29, 0.717) is 19.0 Å². The van der Waals surface area contributed by atoms with E-state index in [0.717, 1.165) is 47.1 Å². The molecule has 7 nitrogen and oxygen atoms in total. The number of anilines is 2. The summed E-state index contributed by atoms with van der Waals surface area (Å²) in [5.41, 5.74) is 4.36. The van der Waals surface area contributed by atoms with Gasteiger partial charge in [-0.1, -0.05) is 37.7 Å². The van der Waals surface area contributed by atoms with Crippen LogP contribution >= 0.6 is 35.5 Å². The zero-order valence-electron chi connectivity index (χ0n) is 20.7. The van der Waals surface area contributed by atoms with Gasteiger partial charge in [0.05, 0.1) is 5.69 Å². The first-order valence-corrected chi connectivity index (χ1v) is 13.3. The number of carbonyl (C=O) groups is 1. The second kappa shape index (κ2) is 13.7. The van der Waals surface area contributed by atoms with Gasteiger partial charge < -0.3 is 15.3 Å². The largest absolute Gasteiger partial charge is 0.480 e. The van der Waals surface area contributed by atoms with E-state index in [-0.39, 0.29) is 12.4 Å². The Bertz CT molecular complexity index is 1060. The Morgan fingerprint density at radius 2 is 1.83 bits per heavy atom. The van der Waals surface area contributed by atoms with E-state index < -0.39 is 10.7 Å². The normalized spacial score (nSPS) is 11.1. The average Bonchev–Trinajstić information content (AvgIpc) is 3.27. The molecule has 0 bridgehead atoms. The number of hydrogen-bond acceptors (Lipinski definition) is 8. The number of halogens is 1. The minimum Gasteiger partial charge on any atom is -0.480 e. The standard InChI is InChI=1S/C25H33N5O2S2.ClH/c1-5-12-26-20-9-7-19(8-10-20)16-30(23-27-14-18(6-2)15-28-23)13-11-21-17-33-24(29-21)34-25(3,4)22(31)32;/h7-10,14-15,17,26H,5-6,11-13,16H2,1-4H3,(H,31,32);1H. The van der Waals surface area contributed by atoms with E-state index >= 15 is 0 Å². The highest BCUT2D eigenvalue weighted by molar-refractivity contribution is 8.03. The number of nitrogens with one attached hydrogen (secondary N) is 1. The molecule has 190 valence electrons. The van der Waals surface area contributed by atoms with Gasteiger partial charge in [-0.3, -0.25) is 4.79 Å². The summed E-state index contributed by atoms with van der Waals surface area (Å²) in [7, 11) is 0. The van der Waals surface area contributed by atoms with Gasteiger partial charge in [0.2, 0.25) is 5.95 Å². The number of rotatable bonds is 13. The van der Waals surface area contributed by atoms with Crippen LogP contribution in [0.15, 0.2) is 46.4 Å². The van der Waals surface area contributed by atoms with E-state index in [9.17, 15) is 9.90 Å². The first-order valence-electron chi connectivity index (χ1n) is 11.6. The quantitative estimate of drug-likeness (QED) is 0.260. The van der Waals surface area contributed by atoms with Crippen LogP contribution in [0.4, 0.5) is 11.6 Å². The predicted molar refractivity (Wildman–Crippen MR) is 148 cm³/mol. The molecule has 35 heavy (non-hydrogen) atoms. The molecule has 0 aliphatic carbocycles. The summed E-state index contributed by atoms with van der Waals surface area (Å²) < 4.78 is -0.138. The fourth-order valence-corrected chi connectivity index (χ4v) is 5.35. The number of nitrogens with zero attached hydrogens (tertiary/aromatic N) is 4.